The number of aliphatic hydroxyl groups is 1. The highest BCUT2D eigenvalue weighted by atomic mass is 16.4. The van der Waals surface area contributed by atoms with E-state index in [1.807, 2.05) is 0 Å². The number of carboxylic acids is 3. The van der Waals surface area contributed by atoms with E-state index in [9.17, 15) is 34.8 Å². The van der Waals surface area contributed by atoms with E-state index in [4.69, 9.17) is 0 Å². The number of rotatable bonds is 11. The van der Waals surface area contributed by atoms with Crippen LogP contribution in [0.3, 0.4) is 0 Å². The smallest absolute Gasteiger partial charge is 0.123 e. The van der Waals surface area contributed by atoms with Gasteiger partial charge in [-0.15, -0.1) is 0 Å². The minimum absolute atomic E-state index is 0.232. The number of aliphatic carboxylic acids is 3. The van der Waals surface area contributed by atoms with Gasteiger partial charge in [0.1, 0.15) is 5.60 Å². The number of carbonyl (C=O) groups excluding carboxylic acids is 3. The molecule has 0 aliphatic carbocycles. The molecule has 0 bridgehead atoms. The molecule has 7 heteroatoms. The SMILES string of the molecule is CCCC(C(=O)[O-])C(O)(C(=O)[O-])C(CCC)(CCC)C(=O)[O-]. The first-order chi connectivity index (χ1) is 10.2. The summed E-state index contributed by atoms with van der Waals surface area (Å²) in [6.45, 7) is 4.81. The first-order valence-corrected chi connectivity index (χ1v) is 7.51. The molecule has 0 saturated heterocycles. The lowest BCUT2D eigenvalue weighted by Gasteiger charge is -2.52. The molecule has 22 heavy (non-hydrogen) atoms. The van der Waals surface area contributed by atoms with Crippen LogP contribution in [0.5, 0.6) is 0 Å². The fourth-order valence-corrected chi connectivity index (χ4v) is 3.18. The number of carboxylic acid groups (broad SMARTS) is 3. The van der Waals surface area contributed by atoms with Crippen LogP contribution in [0.4, 0.5) is 0 Å². The van der Waals surface area contributed by atoms with E-state index in [0.29, 0.717) is 0 Å². The quantitative estimate of drug-likeness (QED) is 0.463. The van der Waals surface area contributed by atoms with Crippen molar-refractivity contribution in [1.82, 2.24) is 0 Å². The summed E-state index contributed by atoms with van der Waals surface area (Å²) in [4.78, 5) is 34.7. The normalized spacial score (nSPS) is 15.8. The van der Waals surface area contributed by atoms with Crippen LogP contribution in [-0.4, -0.2) is 28.6 Å². The molecule has 0 aromatic rings. The summed E-state index contributed by atoms with van der Waals surface area (Å²) in [7, 11) is 0. The Hall–Kier alpha value is -1.63. The Bertz CT molecular complexity index is 412. The van der Waals surface area contributed by atoms with Gasteiger partial charge in [-0.3, -0.25) is 0 Å². The van der Waals surface area contributed by atoms with Gasteiger partial charge in [-0.2, -0.15) is 0 Å². The van der Waals surface area contributed by atoms with E-state index >= 15 is 0 Å². The molecule has 0 rings (SSSR count). The van der Waals surface area contributed by atoms with Gasteiger partial charge in [0.25, 0.3) is 0 Å². The maximum atomic E-state index is 11.7. The van der Waals surface area contributed by atoms with Crippen LogP contribution in [0, 0.1) is 11.3 Å². The maximum Gasteiger partial charge on any atom is 0.123 e. The highest BCUT2D eigenvalue weighted by molar-refractivity contribution is 5.91. The molecule has 0 amide bonds. The summed E-state index contributed by atoms with van der Waals surface area (Å²) in [6.07, 6.45) is -0.0158. The monoisotopic (exact) mass is 315 g/mol. The molecule has 0 radical (unpaired) electrons. The average molecular weight is 315 g/mol. The molecule has 2 unspecified atom stereocenters. The lowest BCUT2D eigenvalue weighted by atomic mass is 9.60. The fourth-order valence-electron chi connectivity index (χ4n) is 3.18. The van der Waals surface area contributed by atoms with Crippen LogP contribution in [-0.2, 0) is 14.4 Å². The average Bonchev–Trinajstić information content (AvgIpc) is 2.42. The van der Waals surface area contributed by atoms with Crippen LogP contribution < -0.4 is 15.3 Å². The van der Waals surface area contributed by atoms with E-state index in [0.717, 1.165) is 0 Å². The number of hydrogen-bond donors (Lipinski definition) is 1. The third-order valence-electron chi connectivity index (χ3n) is 4.15. The zero-order valence-corrected chi connectivity index (χ0v) is 13.2. The molecule has 0 aromatic carbocycles. The molecule has 1 N–H and O–H groups in total. The van der Waals surface area contributed by atoms with E-state index in [-0.39, 0.29) is 38.5 Å². The molecule has 0 aromatic heterocycles. The lowest BCUT2D eigenvalue weighted by molar-refractivity contribution is -0.365. The summed E-state index contributed by atoms with van der Waals surface area (Å²) >= 11 is 0. The Kier molecular flexibility index (Phi) is 7.52. The Morgan fingerprint density at radius 3 is 1.59 bits per heavy atom. The predicted octanol–water partition coefficient (Wildman–Crippen LogP) is -2.03. The van der Waals surface area contributed by atoms with E-state index in [1.165, 1.54) is 0 Å². The van der Waals surface area contributed by atoms with Crippen molar-refractivity contribution in [2.45, 2.75) is 64.9 Å². The fraction of sp³-hybridized carbons (Fsp3) is 0.800. The molecule has 7 nitrogen and oxygen atoms in total. The van der Waals surface area contributed by atoms with Crippen LogP contribution in [0.25, 0.3) is 0 Å². The topological polar surface area (TPSA) is 141 Å². The zero-order chi connectivity index (χ0) is 17.6. The van der Waals surface area contributed by atoms with Crippen molar-refractivity contribution >= 4 is 17.9 Å². The van der Waals surface area contributed by atoms with Crippen molar-refractivity contribution in [3.8, 4) is 0 Å². The molecular weight excluding hydrogens is 292 g/mol. The molecule has 2 atom stereocenters. The van der Waals surface area contributed by atoms with E-state index < -0.39 is 34.8 Å². The number of carbonyl (C=O) groups is 3. The predicted molar refractivity (Wildman–Crippen MR) is 70.6 cm³/mol. The first kappa shape index (κ1) is 20.4. The summed E-state index contributed by atoms with van der Waals surface area (Å²) in [5.74, 6) is -7.61. The Balaban J connectivity index is 6.37. The summed E-state index contributed by atoms with van der Waals surface area (Å²) in [5.41, 5.74) is -5.33. The van der Waals surface area contributed by atoms with Crippen LogP contribution >= 0.6 is 0 Å². The Morgan fingerprint density at radius 1 is 0.909 bits per heavy atom. The third kappa shape index (κ3) is 3.40. The van der Waals surface area contributed by atoms with Crippen LogP contribution in [0.2, 0.25) is 0 Å². The summed E-state index contributed by atoms with van der Waals surface area (Å²) in [5, 5.41) is 45.3. The Labute approximate surface area is 130 Å². The van der Waals surface area contributed by atoms with Crippen LogP contribution in [0.15, 0.2) is 0 Å². The van der Waals surface area contributed by atoms with Gasteiger partial charge in [-0.05, 0) is 19.3 Å². The molecule has 0 heterocycles. The van der Waals surface area contributed by atoms with Gasteiger partial charge in [0.05, 0.1) is 11.9 Å². The van der Waals surface area contributed by atoms with Gasteiger partial charge in [0.2, 0.25) is 0 Å². The minimum atomic E-state index is -3.09. The molecule has 0 aliphatic rings. The number of hydrogen-bond acceptors (Lipinski definition) is 7. The van der Waals surface area contributed by atoms with Crippen molar-refractivity contribution < 1.29 is 34.8 Å². The van der Waals surface area contributed by atoms with Gasteiger partial charge in [-0.25, -0.2) is 0 Å². The maximum absolute atomic E-state index is 11.7. The van der Waals surface area contributed by atoms with Crippen molar-refractivity contribution in [2.24, 2.45) is 11.3 Å². The molecule has 128 valence electrons. The third-order valence-corrected chi connectivity index (χ3v) is 4.15. The largest absolute Gasteiger partial charge is 0.550 e. The van der Waals surface area contributed by atoms with Crippen molar-refractivity contribution in [2.75, 3.05) is 0 Å². The van der Waals surface area contributed by atoms with Gasteiger partial charge in [-0.1, -0.05) is 40.0 Å². The van der Waals surface area contributed by atoms with Crippen LogP contribution in [0.1, 0.15) is 59.3 Å². The van der Waals surface area contributed by atoms with Gasteiger partial charge < -0.3 is 34.8 Å². The van der Waals surface area contributed by atoms with E-state index in [1.54, 1.807) is 20.8 Å². The second-order valence-electron chi connectivity index (χ2n) is 5.58. The molecule has 0 aliphatic heterocycles. The highest BCUT2D eigenvalue weighted by Gasteiger charge is 2.56. The summed E-state index contributed by atoms with van der Waals surface area (Å²) in [6, 6.07) is 0. The van der Waals surface area contributed by atoms with E-state index in [2.05, 4.69) is 0 Å². The van der Waals surface area contributed by atoms with Gasteiger partial charge in [0.15, 0.2) is 0 Å². The lowest BCUT2D eigenvalue weighted by Crippen LogP contribution is -2.71. The van der Waals surface area contributed by atoms with Gasteiger partial charge >= 0.3 is 0 Å². The second kappa shape index (κ2) is 8.12. The van der Waals surface area contributed by atoms with Crippen molar-refractivity contribution in [3.05, 3.63) is 0 Å². The second-order valence-corrected chi connectivity index (χ2v) is 5.58. The highest BCUT2D eigenvalue weighted by Crippen LogP contribution is 2.46. The Morgan fingerprint density at radius 2 is 1.36 bits per heavy atom. The summed E-state index contributed by atoms with van der Waals surface area (Å²) < 4.78 is 0. The molecular formula is C15H23O7-3. The zero-order valence-electron chi connectivity index (χ0n) is 13.2. The molecule has 0 spiro atoms. The van der Waals surface area contributed by atoms with Gasteiger partial charge in [0, 0.05) is 17.3 Å². The van der Waals surface area contributed by atoms with Crippen molar-refractivity contribution in [3.63, 3.8) is 0 Å². The van der Waals surface area contributed by atoms with Crippen molar-refractivity contribution in [1.29, 1.82) is 0 Å². The molecule has 0 saturated carbocycles. The standard InChI is InChI=1S/C15H26O7/c1-4-7-10(11(16)17)15(22,13(20)21)14(8-5-2,9-6-3)12(18)19/h10,22H,4-9H2,1-3H3,(H,16,17)(H,18,19)(H,20,21)/p-3. The first-order valence-electron chi connectivity index (χ1n) is 7.51. The molecule has 0 fully saturated rings. The minimum Gasteiger partial charge on any atom is -0.550 e.